The Labute approximate surface area is 131 Å². The van der Waals surface area contributed by atoms with Crippen LogP contribution in [0.4, 0.5) is 0 Å². The van der Waals surface area contributed by atoms with Crippen molar-refractivity contribution in [1.82, 2.24) is 24.8 Å². The van der Waals surface area contributed by atoms with Crippen LogP contribution in [-0.2, 0) is 14.8 Å². The van der Waals surface area contributed by atoms with Gasteiger partial charge in [0.15, 0.2) is 11.6 Å². The summed E-state index contributed by atoms with van der Waals surface area (Å²) in [4.78, 5) is 6.64. The third-order valence-electron chi connectivity index (χ3n) is 3.62. The SMILES string of the molecule is CCS(=O)(=O)NCCN1CCO[C@H](c2nc(C(C)C)n[nH]2)C1. The quantitative estimate of drug-likeness (QED) is 0.742. The van der Waals surface area contributed by atoms with E-state index in [2.05, 4.69) is 24.8 Å². The van der Waals surface area contributed by atoms with Crippen molar-refractivity contribution in [2.45, 2.75) is 32.8 Å². The van der Waals surface area contributed by atoms with Crippen LogP contribution in [-0.4, -0.2) is 67.0 Å². The fourth-order valence-corrected chi connectivity index (χ4v) is 2.83. The molecule has 0 aliphatic carbocycles. The third-order valence-corrected chi connectivity index (χ3v) is 5.03. The summed E-state index contributed by atoms with van der Waals surface area (Å²) in [6.07, 6.45) is -0.142. The average molecular weight is 331 g/mol. The Morgan fingerprint density at radius 1 is 1.50 bits per heavy atom. The fourth-order valence-electron chi connectivity index (χ4n) is 2.22. The minimum absolute atomic E-state index is 0.106. The topological polar surface area (TPSA) is 100 Å². The van der Waals surface area contributed by atoms with E-state index in [-0.39, 0.29) is 17.8 Å². The van der Waals surface area contributed by atoms with Crippen LogP contribution in [0.5, 0.6) is 0 Å². The summed E-state index contributed by atoms with van der Waals surface area (Å²) < 4.78 is 31.2. The first-order chi connectivity index (χ1) is 10.4. The Morgan fingerprint density at radius 3 is 2.91 bits per heavy atom. The summed E-state index contributed by atoms with van der Waals surface area (Å²) in [5, 5.41) is 7.14. The second kappa shape index (κ2) is 7.49. The van der Waals surface area contributed by atoms with Crippen LogP contribution < -0.4 is 4.72 Å². The molecule has 2 N–H and O–H groups in total. The summed E-state index contributed by atoms with van der Waals surface area (Å²) in [5.74, 6) is 1.90. The molecule has 0 unspecified atom stereocenters. The Bertz CT molecular complexity index is 572. The van der Waals surface area contributed by atoms with E-state index in [0.717, 1.165) is 18.2 Å². The van der Waals surface area contributed by atoms with Gasteiger partial charge in [0, 0.05) is 32.1 Å². The molecule has 1 atom stereocenters. The lowest BCUT2D eigenvalue weighted by atomic mass is 10.2. The van der Waals surface area contributed by atoms with Gasteiger partial charge in [0.25, 0.3) is 0 Å². The van der Waals surface area contributed by atoms with Crippen LogP contribution in [0, 0.1) is 0 Å². The first-order valence-corrected chi connectivity index (χ1v) is 9.30. The zero-order valence-corrected chi connectivity index (χ0v) is 14.2. The van der Waals surface area contributed by atoms with Crippen molar-refractivity contribution in [3.05, 3.63) is 11.6 Å². The van der Waals surface area contributed by atoms with Crippen molar-refractivity contribution >= 4 is 10.0 Å². The summed E-state index contributed by atoms with van der Waals surface area (Å²) in [6, 6.07) is 0. The molecule has 0 saturated carbocycles. The van der Waals surface area contributed by atoms with Gasteiger partial charge >= 0.3 is 0 Å². The maximum atomic E-state index is 11.4. The number of hydrogen-bond donors (Lipinski definition) is 2. The van der Waals surface area contributed by atoms with Crippen LogP contribution in [0.2, 0.25) is 0 Å². The maximum Gasteiger partial charge on any atom is 0.211 e. The number of H-pyrrole nitrogens is 1. The predicted molar refractivity (Wildman–Crippen MR) is 83.1 cm³/mol. The summed E-state index contributed by atoms with van der Waals surface area (Å²) in [6.45, 7) is 8.85. The molecule has 1 aromatic rings. The van der Waals surface area contributed by atoms with Gasteiger partial charge in [-0.1, -0.05) is 13.8 Å². The van der Waals surface area contributed by atoms with Crippen LogP contribution >= 0.6 is 0 Å². The second-order valence-corrected chi connectivity index (χ2v) is 7.79. The van der Waals surface area contributed by atoms with Gasteiger partial charge in [-0.15, -0.1) is 0 Å². The number of rotatable bonds is 7. The molecule has 0 aromatic carbocycles. The molecule has 9 heteroatoms. The number of aromatic nitrogens is 3. The van der Waals surface area contributed by atoms with Gasteiger partial charge in [0.2, 0.25) is 10.0 Å². The van der Waals surface area contributed by atoms with Crippen molar-refractivity contribution in [2.75, 3.05) is 38.5 Å². The first kappa shape index (κ1) is 17.3. The van der Waals surface area contributed by atoms with Gasteiger partial charge in [-0.2, -0.15) is 5.10 Å². The molecule has 1 fully saturated rings. The van der Waals surface area contributed by atoms with E-state index < -0.39 is 10.0 Å². The van der Waals surface area contributed by atoms with Gasteiger partial charge < -0.3 is 4.74 Å². The highest BCUT2D eigenvalue weighted by atomic mass is 32.2. The van der Waals surface area contributed by atoms with E-state index in [1.54, 1.807) is 6.92 Å². The molecule has 1 saturated heterocycles. The van der Waals surface area contributed by atoms with Gasteiger partial charge in [-0.3, -0.25) is 10.00 Å². The minimum atomic E-state index is -3.13. The Morgan fingerprint density at radius 2 is 2.27 bits per heavy atom. The number of nitrogens with one attached hydrogen (secondary N) is 2. The highest BCUT2D eigenvalue weighted by molar-refractivity contribution is 7.89. The maximum absolute atomic E-state index is 11.4. The van der Waals surface area contributed by atoms with Gasteiger partial charge in [-0.25, -0.2) is 18.1 Å². The van der Waals surface area contributed by atoms with Crippen molar-refractivity contribution in [1.29, 1.82) is 0 Å². The van der Waals surface area contributed by atoms with E-state index >= 15 is 0 Å². The minimum Gasteiger partial charge on any atom is -0.368 e. The molecule has 0 bridgehead atoms. The molecular weight excluding hydrogens is 306 g/mol. The average Bonchev–Trinajstić information content (AvgIpc) is 2.97. The molecule has 22 heavy (non-hydrogen) atoms. The Kier molecular flexibility index (Phi) is 5.90. The lowest BCUT2D eigenvalue weighted by Gasteiger charge is -2.31. The van der Waals surface area contributed by atoms with Crippen molar-refractivity contribution < 1.29 is 13.2 Å². The van der Waals surface area contributed by atoms with Crippen molar-refractivity contribution in [2.24, 2.45) is 0 Å². The van der Waals surface area contributed by atoms with Gasteiger partial charge in [-0.05, 0) is 6.92 Å². The van der Waals surface area contributed by atoms with Crippen LogP contribution in [0.15, 0.2) is 0 Å². The molecular formula is C13H25N5O3S. The lowest BCUT2D eigenvalue weighted by Crippen LogP contribution is -2.43. The molecule has 1 aliphatic rings. The molecule has 126 valence electrons. The van der Waals surface area contributed by atoms with Crippen LogP contribution in [0.25, 0.3) is 0 Å². The highest BCUT2D eigenvalue weighted by Gasteiger charge is 2.25. The van der Waals surface area contributed by atoms with Crippen LogP contribution in [0.3, 0.4) is 0 Å². The Balaban J connectivity index is 1.86. The number of aromatic amines is 1. The smallest absolute Gasteiger partial charge is 0.211 e. The molecule has 1 aliphatic heterocycles. The van der Waals surface area contributed by atoms with E-state index in [9.17, 15) is 8.42 Å². The highest BCUT2D eigenvalue weighted by Crippen LogP contribution is 2.20. The zero-order valence-electron chi connectivity index (χ0n) is 13.4. The third kappa shape index (κ3) is 4.73. The monoisotopic (exact) mass is 331 g/mol. The van der Waals surface area contributed by atoms with Crippen LogP contribution in [0.1, 0.15) is 44.4 Å². The molecule has 2 rings (SSSR count). The lowest BCUT2D eigenvalue weighted by molar-refractivity contribution is -0.0333. The van der Waals surface area contributed by atoms with E-state index in [4.69, 9.17) is 4.74 Å². The molecule has 0 radical (unpaired) electrons. The number of sulfonamides is 1. The van der Waals surface area contributed by atoms with Crippen molar-refractivity contribution in [3.8, 4) is 0 Å². The summed E-state index contributed by atoms with van der Waals surface area (Å²) >= 11 is 0. The van der Waals surface area contributed by atoms with Gasteiger partial charge in [0.05, 0.1) is 12.4 Å². The Hall–Kier alpha value is -1.03. The molecule has 2 heterocycles. The summed E-state index contributed by atoms with van der Waals surface area (Å²) in [5.41, 5.74) is 0. The molecule has 1 aromatic heterocycles. The van der Waals surface area contributed by atoms with Gasteiger partial charge in [0.1, 0.15) is 6.10 Å². The molecule has 0 amide bonds. The molecule has 8 nitrogen and oxygen atoms in total. The predicted octanol–water partition coefficient (Wildman–Crippen LogP) is 0.241. The number of morpholine rings is 1. The number of ether oxygens (including phenoxy) is 1. The second-order valence-electron chi connectivity index (χ2n) is 5.69. The van der Waals surface area contributed by atoms with E-state index in [1.807, 2.05) is 13.8 Å². The first-order valence-electron chi connectivity index (χ1n) is 7.64. The van der Waals surface area contributed by atoms with E-state index in [0.29, 0.717) is 26.2 Å². The standard InChI is InChI=1S/C13H25N5O3S/c1-4-22(19,20)14-5-6-18-7-8-21-11(9-18)13-15-12(10(2)3)16-17-13/h10-11,14H,4-9H2,1-3H3,(H,15,16,17)/t11-/m0/s1. The number of nitrogens with zero attached hydrogens (tertiary/aromatic N) is 3. The van der Waals surface area contributed by atoms with E-state index in [1.165, 1.54) is 0 Å². The fraction of sp³-hybridized carbons (Fsp3) is 0.846. The largest absolute Gasteiger partial charge is 0.368 e. The molecule has 0 spiro atoms. The normalized spacial score (nSPS) is 20.6. The summed E-state index contributed by atoms with van der Waals surface area (Å²) in [7, 11) is -3.13. The van der Waals surface area contributed by atoms with Crippen molar-refractivity contribution in [3.63, 3.8) is 0 Å². The number of hydrogen-bond acceptors (Lipinski definition) is 6. The zero-order chi connectivity index (χ0) is 16.2.